The third kappa shape index (κ3) is 4.90. The summed E-state index contributed by atoms with van der Waals surface area (Å²) in [6.45, 7) is 3.63. The number of ether oxygens (including phenoxy) is 2. The molecular formula is C21H23F2N7O3. The van der Waals surface area contributed by atoms with Crippen molar-refractivity contribution in [3.05, 3.63) is 53.3 Å². The number of carbonyl (C=O) groups is 1. The summed E-state index contributed by atoms with van der Waals surface area (Å²) < 4.78 is 37.8. The van der Waals surface area contributed by atoms with Gasteiger partial charge in [0.2, 0.25) is 5.88 Å². The summed E-state index contributed by atoms with van der Waals surface area (Å²) in [7, 11) is 1.35. The molecule has 1 unspecified atom stereocenters. The van der Waals surface area contributed by atoms with Crippen LogP contribution in [0.2, 0.25) is 0 Å². The van der Waals surface area contributed by atoms with Crippen molar-refractivity contribution in [3.63, 3.8) is 0 Å². The monoisotopic (exact) mass is 459 g/mol. The topological polar surface area (TPSA) is 107 Å². The van der Waals surface area contributed by atoms with Crippen LogP contribution < -0.4 is 15.0 Å². The van der Waals surface area contributed by atoms with Gasteiger partial charge in [0.1, 0.15) is 18.3 Å². The van der Waals surface area contributed by atoms with E-state index in [2.05, 4.69) is 25.8 Å². The molecule has 0 radical (unpaired) electrons. The van der Waals surface area contributed by atoms with Crippen LogP contribution in [0.5, 0.6) is 5.88 Å². The van der Waals surface area contributed by atoms with Crippen LogP contribution in [0.3, 0.4) is 0 Å². The molecule has 0 aliphatic carbocycles. The number of alkyl halides is 2. The number of rotatable bonds is 7. The maximum atomic E-state index is 12.8. The van der Waals surface area contributed by atoms with Gasteiger partial charge in [0.15, 0.2) is 5.82 Å². The number of esters is 1. The van der Waals surface area contributed by atoms with Crippen molar-refractivity contribution >= 4 is 11.8 Å². The molecule has 3 aromatic rings. The Morgan fingerprint density at radius 3 is 2.64 bits per heavy atom. The fourth-order valence-electron chi connectivity index (χ4n) is 3.52. The lowest BCUT2D eigenvalue weighted by molar-refractivity contribution is -0.142. The Balaban J connectivity index is 1.46. The molecule has 3 heterocycles. The largest absolute Gasteiger partial charge is 0.470 e. The molecule has 0 bridgehead atoms. The predicted octanol–water partition coefficient (Wildman–Crippen LogP) is 1.83. The van der Waals surface area contributed by atoms with E-state index in [1.165, 1.54) is 23.9 Å². The van der Waals surface area contributed by atoms with E-state index in [9.17, 15) is 13.6 Å². The molecule has 33 heavy (non-hydrogen) atoms. The zero-order chi connectivity index (χ0) is 23.4. The van der Waals surface area contributed by atoms with Crippen LogP contribution in [0.1, 0.15) is 23.4 Å². The molecule has 1 fully saturated rings. The first-order valence-corrected chi connectivity index (χ1v) is 10.3. The molecule has 0 saturated carbocycles. The van der Waals surface area contributed by atoms with Crippen LogP contribution in [0.25, 0.3) is 5.69 Å². The third-order valence-electron chi connectivity index (χ3n) is 5.34. The third-order valence-corrected chi connectivity index (χ3v) is 5.34. The summed E-state index contributed by atoms with van der Waals surface area (Å²) >= 11 is 0. The lowest BCUT2D eigenvalue weighted by atomic mass is 10.2. The van der Waals surface area contributed by atoms with Gasteiger partial charge in [-0.3, -0.25) is 0 Å². The lowest BCUT2D eigenvalue weighted by Crippen LogP contribution is -2.55. The van der Waals surface area contributed by atoms with Gasteiger partial charge >= 0.3 is 5.97 Å². The molecule has 1 aromatic carbocycles. The number of nitrogens with one attached hydrogen (secondary N) is 1. The number of hydrogen-bond acceptors (Lipinski definition) is 9. The van der Waals surface area contributed by atoms with Gasteiger partial charge in [0, 0.05) is 31.3 Å². The Hall–Kier alpha value is -3.67. The number of nitrogens with zero attached hydrogens (tertiary/aromatic N) is 6. The van der Waals surface area contributed by atoms with E-state index in [0.717, 1.165) is 0 Å². The van der Waals surface area contributed by atoms with Gasteiger partial charge in [-0.15, -0.1) is 15.3 Å². The summed E-state index contributed by atoms with van der Waals surface area (Å²) in [5.74, 6) is 0.479. The van der Waals surface area contributed by atoms with Gasteiger partial charge in [0.05, 0.1) is 18.5 Å². The van der Waals surface area contributed by atoms with Crippen molar-refractivity contribution in [1.82, 2.24) is 30.5 Å². The van der Waals surface area contributed by atoms with Crippen molar-refractivity contribution < 1.29 is 23.0 Å². The Morgan fingerprint density at radius 2 is 1.97 bits per heavy atom. The van der Waals surface area contributed by atoms with E-state index in [0.29, 0.717) is 42.5 Å². The molecule has 174 valence electrons. The van der Waals surface area contributed by atoms with E-state index in [1.807, 2.05) is 4.90 Å². The Labute approximate surface area is 188 Å². The zero-order valence-electron chi connectivity index (χ0n) is 18.1. The molecule has 2 aromatic heterocycles. The van der Waals surface area contributed by atoms with Gasteiger partial charge in [-0.1, -0.05) is 17.3 Å². The molecule has 12 heteroatoms. The number of aryl methyl sites for hydroxylation is 1. The standard InChI is InChI=1S/C21H23F2N7O3/c1-13-17(30(28-25-13)15-5-3-14(4-6-15)20(22)23)12-33-19-8-7-18(26-27-19)29-10-9-24-11-16(29)21(31)32-2/h3-8,16,20,24H,9-12H2,1-2H3. The van der Waals surface area contributed by atoms with Gasteiger partial charge in [-0.25, -0.2) is 18.3 Å². The van der Waals surface area contributed by atoms with Crippen LogP contribution in [0.15, 0.2) is 36.4 Å². The Kier molecular flexibility index (Phi) is 6.73. The number of hydrogen-bond donors (Lipinski definition) is 1. The van der Waals surface area contributed by atoms with Crippen molar-refractivity contribution in [2.24, 2.45) is 0 Å². The van der Waals surface area contributed by atoms with Crippen molar-refractivity contribution in [2.45, 2.75) is 26.0 Å². The van der Waals surface area contributed by atoms with E-state index in [1.54, 1.807) is 31.2 Å². The molecule has 1 N–H and O–H groups in total. The van der Waals surface area contributed by atoms with Crippen LogP contribution in [0, 0.1) is 6.92 Å². The second kappa shape index (κ2) is 9.86. The second-order valence-corrected chi connectivity index (χ2v) is 7.38. The highest BCUT2D eigenvalue weighted by Gasteiger charge is 2.30. The Bertz CT molecular complexity index is 1090. The highest BCUT2D eigenvalue weighted by Crippen LogP contribution is 2.22. The fourth-order valence-corrected chi connectivity index (χ4v) is 3.52. The fraction of sp³-hybridized carbons (Fsp3) is 0.381. The molecule has 10 nitrogen and oxygen atoms in total. The second-order valence-electron chi connectivity index (χ2n) is 7.38. The minimum Gasteiger partial charge on any atom is -0.470 e. The van der Waals surface area contributed by atoms with E-state index < -0.39 is 12.5 Å². The van der Waals surface area contributed by atoms with Crippen molar-refractivity contribution in [2.75, 3.05) is 31.6 Å². The molecule has 0 spiro atoms. The number of halogens is 2. The summed E-state index contributed by atoms with van der Waals surface area (Å²) in [4.78, 5) is 13.9. The smallest absolute Gasteiger partial charge is 0.329 e. The van der Waals surface area contributed by atoms with Crippen LogP contribution in [-0.2, 0) is 16.1 Å². The van der Waals surface area contributed by atoms with E-state index in [4.69, 9.17) is 9.47 Å². The normalized spacial score (nSPS) is 16.2. The predicted molar refractivity (Wildman–Crippen MR) is 113 cm³/mol. The Morgan fingerprint density at radius 1 is 1.18 bits per heavy atom. The summed E-state index contributed by atoms with van der Waals surface area (Å²) in [5, 5.41) is 19.6. The zero-order valence-corrected chi connectivity index (χ0v) is 18.1. The molecule has 1 atom stereocenters. The van der Waals surface area contributed by atoms with Gasteiger partial charge in [-0.2, -0.15) is 0 Å². The number of benzene rings is 1. The van der Waals surface area contributed by atoms with Crippen LogP contribution in [0.4, 0.5) is 14.6 Å². The first-order chi connectivity index (χ1) is 16.0. The number of aromatic nitrogens is 5. The minimum absolute atomic E-state index is 0.0670. The first kappa shape index (κ1) is 22.5. The number of methoxy groups -OCH3 is 1. The van der Waals surface area contributed by atoms with Gasteiger partial charge < -0.3 is 19.7 Å². The van der Waals surface area contributed by atoms with E-state index >= 15 is 0 Å². The highest BCUT2D eigenvalue weighted by molar-refractivity contribution is 5.80. The number of anilines is 1. The molecule has 1 saturated heterocycles. The average Bonchev–Trinajstić information content (AvgIpc) is 3.22. The highest BCUT2D eigenvalue weighted by atomic mass is 19.3. The van der Waals surface area contributed by atoms with Crippen molar-refractivity contribution in [1.29, 1.82) is 0 Å². The quantitative estimate of drug-likeness (QED) is 0.530. The lowest BCUT2D eigenvalue weighted by Gasteiger charge is -2.34. The molecule has 1 aliphatic rings. The molecule has 4 rings (SSSR count). The molecule has 0 amide bonds. The summed E-state index contributed by atoms with van der Waals surface area (Å²) in [6, 6.07) is 8.73. The summed E-state index contributed by atoms with van der Waals surface area (Å²) in [5.41, 5.74) is 1.81. The van der Waals surface area contributed by atoms with Gasteiger partial charge in [0.25, 0.3) is 6.43 Å². The summed E-state index contributed by atoms with van der Waals surface area (Å²) in [6.07, 6.45) is -2.54. The van der Waals surface area contributed by atoms with Crippen LogP contribution >= 0.6 is 0 Å². The van der Waals surface area contributed by atoms with Gasteiger partial charge in [-0.05, 0) is 25.1 Å². The first-order valence-electron chi connectivity index (χ1n) is 10.3. The molecule has 1 aliphatic heterocycles. The number of piperazine rings is 1. The maximum absolute atomic E-state index is 12.8. The SMILES string of the molecule is COC(=O)C1CNCCN1c1ccc(OCc2c(C)nnn2-c2ccc(C(F)F)cc2)nn1. The number of carbonyl (C=O) groups excluding carboxylic acids is 1. The average molecular weight is 459 g/mol. The molecular weight excluding hydrogens is 436 g/mol. The van der Waals surface area contributed by atoms with E-state index in [-0.39, 0.29) is 24.0 Å². The maximum Gasteiger partial charge on any atom is 0.329 e. The van der Waals surface area contributed by atoms with Crippen molar-refractivity contribution in [3.8, 4) is 11.6 Å². The van der Waals surface area contributed by atoms with Crippen LogP contribution in [-0.4, -0.2) is 63.9 Å². The minimum atomic E-state index is -2.54.